The van der Waals surface area contributed by atoms with Gasteiger partial charge in [0, 0.05) is 5.56 Å². The molecular formula is C13H14N2O3. The maximum atomic E-state index is 11.2. The minimum Gasteiger partial charge on any atom is -0.494 e. The van der Waals surface area contributed by atoms with Crippen LogP contribution in [0.15, 0.2) is 35.1 Å². The molecule has 0 spiro atoms. The molecule has 94 valence electrons. The number of nitrogens with one attached hydrogen (secondary N) is 1. The number of aromatic hydroxyl groups is 1. The Labute approximate surface area is 104 Å². The van der Waals surface area contributed by atoms with Gasteiger partial charge >= 0.3 is 0 Å². The van der Waals surface area contributed by atoms with Gasteiger partial charge in [-0.05, 0) is 30.7 Å². The van der Waals surface area contributed by atoms with Gasteiger partial charge in [0.1, 0.15) is 11.6 Å². The van der Waals surface area contributed by atoms with E-state index < -0.39 is 0 Å². The van der Waals surface area contributed by atoms with Crippen LogP contribution in [0.1, 0.15) is 13.3 Å². The first-order valence-electron chi connectivity index (χ1n) is 5.72. The molecule has 0 bridgehead atoms. The van der Waals surface area contributed by atoms with E-state index in [2.05, 4.69) is 9.97 Å². The van der Waals surface area contributed by atoms with Gasteiger partial charge < -0.3 is 14.8 Å². The summed E-state index contributed by atoms with van der Waals surface area (Å²) in [4.78, 5) is 17.6. The molecule has 2 rings (SSSR count). The highest BCUT2D eigenvalue weighted by Gasteiger charge is 2.03. The molecule has 0 saturated carbocycles. The average Bonchev–Trinajstić information content (AvgIpc) is 2.36. The summed E-state index contributed by atoms with van der Waals surface area (Å²) >= 11 is 0. The first-order valence-corrected chi connectivity index (χ1v) is 5.72. The minimum absolute atomic E-state index is 0.292. The largest absolute Gasteiger partial charge is 0.494 e. The van der Waals surface area contributed by atoms with Crippen molar-refractivity contribution in [2.24, 2.45) is 0 Å². The molecule has 0 unspecified atom stereocenters. The fourth-order valence-corrected chi connectivity index (χ4v) is 1.51. The summed E-state index contributed by atoms with van der Waals surface area (Å²) in [5.41, 5.74) is 0.329. The monoisotopic (exact) mass is 246 g/mol. The van der Waals surface area contributed by atoms with Crippen molar-refractivity contribution in [3.05, 3.63) is 40.7 Å². The lowest BCUT2D eigenvalue weighted by Crippen LogP contribution is -2.06. The number of hydrogen-bond donors (Lipinski definition) is 2. The number of nitrogens with zero attached hydrogens (tertiary/aromatic N) is 1. The molecule has 18 heavy (non-hydrogen) atoms. The summed E-state index contributed by atoms with van der Waals surface area (Å²) in [6, 6.07) is 8.19. The highest BCUT2D eigenvalue weighted by atomic mass is 16.5. The average molecular weight is 246 g/mol. The normalized spacial score (nSPS) is 10.3. The summed E-state index contributed by atoms with van der Waals surface area (Å²) in [5, 5.41) is 9.27. The summed E-state index contributed by atoms with van der Waals surface area (Å²) in [6.07, 6.45) is 0.948. The van der Waals surface area contributed by atoms with Gasteiger partial charge in [-0.25, -0.2) is 0 Å². The highest BCUT2D eigenvalue weighted by Crippen LogP contribution is 2.19. The Morgan fingerprint density at radius 2 is 2.06 bits per heavy atom. The topological polar surface area (TPSA) is 75.2 Å². The lowest BCUT2D eigenvalue weighted by Gasteiger charge is -2.05. The number of hydrogen-bond acceptors (Lipinski definition) is 4. The zero-order chi connectivity index (χ0) is 13.0. The van der Waals surface area contributed by atoms with Gasteiger partial charge in [-0.3, -0.25) is 4.79 Å². The van der Waals surface area contributed by atoms with Gasteiger partial charge in [0.05, 0.1) is 12.7 Å². The standard InChI is InChI=1S/C13H14N2O3/c1-2-7-18-10-5-3-9(4-6-10)13-14-11(16)8-12(17)15-13/h3-6,8H,2,7H2,1H3,(H2,14,15,16,17). The van der Waals surface area contributed by atoms with E-state index in [0.717, 1.165) is 18.2 Å². The van der Waals surface area contributed by atoms with Gasteiger partial charge in [-0.15, -0.1) is 0 Å². The van der Waals surface area contributed by atoms with E-state index in [0.29, 0.717) is 18.0 Å². The van der Waals surface area contributed by atoms with Crippen molar-refractivity contribution in [3.63, 3.8) is 0 Å². The molecule has 0 aliphatic carbocycles. The van der Waals surface area contributed by atoms with Crippen LogP contribution in [0.4, 0.5) is 0 Å². The Morgan fingerprint density at radius 3 is 2.67 bits per heavy atom. The van der Waals surface area contributed by atoms with Gasteiger partial charge in [0.25, 0.3) is 5.56 Å². The van der Waals surface area contributed by atoms with Crippen LogP contribution in [0.3, 0.4) is 0 Å². The second-order valence-electron chi connectivity index (χ2n) is 3.83. The van der Waals surface area contributed by atoms with Crippen LogP contribution in [-0.2, 0) is 0 Å². The van der Waals surface area contributed by atoms with Crippen molar-refractivity contribution in [1.29, 1.82) is 0 Å². The van der Waals surface area contributed by atoms with Crippen LogP contribution < -0.4 is 10.3 Å². The number of benzene rings is 1. The predicted octanol–water partition coefficient (Wildman–Crippen LogP) is 1.93. The zero-order valence-electron chi connectivity index (χ0n) is 10.0. The van der Waals surface area contributed by atoms with Crippen molar-refractivity contribution in [2.75, 3.05) is 6.61 Å². The quantitative estimate of drug-likeness (QED) is 0.864. The first-order chi connectivity index (χ1) is 8.69. The van der Waals surface area contributed by atoms with E-state index in [9.17, 15) is 9.90 Å². The molecule has 1 aromatic carbocycles. The SMILES string of the molecule is CCCOc1ccc(-c2nc(O)cc(=O)[nH]2)cc1. The number of ether oxygens (including phenoxy) is 1. The molecular weight excluding hydrogens is 232 g/mol. The van der Waals surface area contributed by atoms with Gasteiger partial charge in [0.15, 0.2) is 0 Å². The fraction of sp³-hybridized carbons (Fsp3) is 0.231. The summed E-state index contributed by atoms with van der Waals surface area (Å²) in [6.45, 7) is 2.70. The molecule has 0 saturated heterocycles. The maximum Gasteiger partial charge on any atom is 0.254 e. The van der Waals surface area contributed by atoms with Crippen LogP contribution in [0.5, 0.6) is 11.6 Å². The molecule has 1 heterocycles. The van der Waals surface area contributed by atoms with Crippen molar-refractivity contribution < 1.29 is 9.84 Å². The summed E-state index contributed by atoms with van der Waals surface area (Å²) < 4.78 is 5.45. The minimum atomic E-state index is -0.385. The molecule has 0 aliphatic heterocycles. The molecule has 0 atom stereocenters. The van der Waals surface area contributed by atoms with E-state index in [-0.39, 0.29) is 11.4 Å². The Hall–Kier alpha value is -2.30. The van der Waals surface area contributed by atoms with E-state index in [1.807, 2.05) is 6.92 Å². The molecule has 1 aromatic heterocycles. The number of aromatic nitrogens is 2. The maximum absolute atomic E-state index is 11.2. The third-order valence-corrected chi connectivity index (χ3v) is 2.33. The predicted molar refractivity (Wildman–Crippen MR) is 67.7 cm³/mol. The third kappa shape index (κ3) is 2.88. The van der Waals surface area contributed by atoms with E-state index in [1.54, 1.807) is 24.3 Å². The van der Waals surface area contributed by atoms with Crippen LogP contribution >= 0.6 is 0 Å². The van der Waals surface area contributed by atoms with Gasteiger partial charge in [0.2, 0.25) is 5.88 Å². The Balaban J connectivity index is 2.25. The van der Waals surface area contributed by atoms with E-state index in [4.69, 9.17) is 4.74 Å². The smallest absolute Gasteiger partial charge is 0.254 e. The van der Waals surface area contributed by atoms with E-state index in [1.165, 1.54) is 0 Å². The molecule has 0 fully saturated rings. The fourth-order valence-electron chi connectivity index (χ4n) is 1.51. The van der Waals surface area contributed by atoms with Crippen LogP contribution in [0, 0.1) is 0 Å². The Morgan fingerprint density at radius 1 is 1.33 bits per heavy atom. The van der Waals surface area contributed by atoms with Gasteiger partial charge in [-0.2, -0.15) is 4.98 Å². The van der Waals surface area contributed by atoms with Crippen LogP contribution in [0.2, 0.25) is 0 Å². The second kappa shape index (κ2) is 5.35. The molecule has 0 aliphatic rings. The Bertz CT molecular complexity index is 576. The lowest BCUT2D eigenvalue weighted by molar-refractivity contribution is 0.317. The number of rotatable bonds is 4. The summed E-state index contributed by atoms with van der Waals surface area (Å²) in [5.74, 6) is 0.810. The van der Waals surface area contributed by atoms with Crippen LogP contribution in [0.25, 0.3) is 11.4 Å². The number of aromatic amines is 1. The molecule has 0 amide bonds. The highest BCUT2D eigenvalue weighted by molar-refractivity contribution is 5.56. The molecule has 2 N–H and O–H groups in total. The second-order valence-corrected chi connectivity index (χ2v) is 3.83. The lowest BCUT2D eigenvalue weighted by atomic mass is 10.2. The van der Waals surface area contributed by atoms with Crippen molar-refractivity contribution in [1.82, 2.24) is 9.97 Å². The van der Waals surface area contributed by atoms with Crippen molar-refractivity contribution >= 4 is 0 Å². The first kappa shape index (κ1) is 12.2. The van der Waals surface area contributed by atoms with Crippen LogP contribution in [-0.4, -0.2) is 21.7 Å². The van der Waals surface area contributed by atoms with Gasteiger partial charge in [-0.1, -0.05) is 6.92 Å². The van der Waals surface area contributed by atoms with Crippen molar-refractivity contribution in [3.8, 4) is 23.0 Å². The Kier molecular flexibility index (Phi) is 3.62. The summed E-state index contributed by atoms with van der Waals surface area (Å²) in [7, 11) is 0. The van der Waals surface area contributed by atoms with Crippen molar-refractivity contribution in [2.45, 2.75) is 13.3 Å². The molecule has 5 nitrogen and oxygen atoms in total. The third-order valence-electron chi connectivity index (χ3n) is 2.33. The van der Waals surface area contributed by atoms with E-state index >= 15 is 0 Å². The zero-order valence-corrected chi connectivity index (χ0v) is 10.0. The number of H-pyrrole nitrogens is 1. The molecule has 5 heteroatoms. The molecule has 0 radical (unpaired) electrons. The molecule has 2 aromatic rings.